The molecule has 0 radical (unpaired) electrons. The van der Waals surface area contributed by atoms with Crippen molar-refractivity contribution in [3.63, 3.8) is 0 Å². The molecule has 7 nitrogen and oxygen atoms in total. The third-order valence-electron chi connectivity index (χ3n) is 5.16. The Kier molecular flexibility index (Phi) is 5.43. The summed E-state index contributed by atoms with van der Waals surface area (Å²) in [4.78, 5) is 29.7. The van der Waals surface area contributed by atoms with Crippen LogP contribution in [-0.4, -0.2) is 16.8 Å². The van der Waals surface area contributed by atoms with Crippen LogP contribution in [0.25, 0.3) is 21.7 Å². The normalized spacial score (nSPS) is 10.8. The minimum atomic E-state index is -0.577. The van der Waals surface area contributed by atoms with E-state index in [1.54, 1.807) is 18.3 Å². The number of fused-ring (bicyclic) bond motifs is 3. The van der Waals surface area contributed by atoms with Crippen molar-refractivity contribution < 1.29 is 18.7 Å². The Balaban J connectivity index is 1.28. The lowest BCUT2D eigenvalue weighted by atomic mass is 10.0. The summed E-state index contributed by atoms with van der Waals surface area (Å²) in [7, 11) is 0. The monoisotopic (exact) mass is 437 g/mol. The number of nitrogens with zero attached hydrogens (tertiary/aromatic N) is 1. The fourth-order valence-electron chi connectivity index (χ4n) is 3.59. The molecule has 5 aromatic rings. The number of benzene rings is 3. The molecule has 0 saturated carbocycles. The standard InChI is InChI=1S/C26H19N3O4/c30-25(22-15-17-7-4-5-10-20(17)21-11-6-14-27-24(21)22)28-29-26(31)23-13-12-19(33-23)16-32-18-8-2-1-3-9-18/h1-15H,16H2,(H,28,30)(H,29,31). The number of ether oxygens (including phenoxy) is 1. The Morgan fingerprint density at radius 3 is 2.45 bits per heavy atom. The van der Waals surface area contributed by atoms with Crippen molar-refractivity contribution in [2.24, 2.45) is 0 Å². The Morgan fingerprint density at radius 1 is 0.818 bits per heavy atom. The van der Waals surface area contributed by atoms with Crippen molar-refractivity contribution >= 4 is 33.5 Å². The zero-order chi connectivity index (χ0) is 22.6. The van der Waals surface area contributed by atoms with E-state index >= 15 is 0 Å². The van der Waals surface area contributed by atoms with Crippen molar-refractivity contribution in [2.75, 3.05) is 0 Å². The van der Waals surface area contributed by atoms with E-state index in [9.17, 15) is 9.59 Å². The summed E-state index contributed by atoms with van der Waals surface area (Å²) in [5.74, 6) is 0.191. The van der Waals surface area contributed by atoms with Crippen LogP contribution in [0.15, 0.2) is 95.5 Å². The van der Waals surface area contributed by atoms with Crippen LogP contribution in [0.3, 0.4) is 0 Å². The molecular weight excluding hydrogens is 418 g/mol. The largest absolute Gasteiger partial charge is 0.486 e. The maximum absolute atomic E-state index is 12.9. The van der Waals surface area contributed by atoms with E-state index in [0.29, 0.717) is 22.6 Å². The molecule has 0 bridgehead atoms. The van der Waals surface area contributed by atoms with Gasteiger partial charge in [0, 0.05) is 11.6 Å². The van der Waals surface area contributed by atoms with Crippen molar-refractivity contribution in [3.05, 3.63) is 108 Å². The fourth-order valence-corrected chi connectivity index (χ4v) is 3.59. The highest BCUT2D eigenvalue weighted by Gasteiger charge is 2.17. The maximum Gasteiger partial charge on any atom is 0.305 e. The van der Waals surface area contributed by atoms with Gasteiger partial charge in [0.1, 0.15) is 18.1 Å². The molecule has 0 fully saturated rings. The van der Waals surface area contributed by atoms with Gasteiger partial charge in [0.15, 0.2) is 5.76 Å². The first-order valence-electron chi connectivity index (χ1n) is 10.3. The lowest BCUT2D eigenvalue weighted by Gasteiger charge is -2.10. The van der Waals surface area contributed by atoms with Gasteiger partial charge in [-0.05, 0) is 47.2 Å². The van der Waals surface area contributed by atoms with Crippen LogP contribution in [0.5, 0.6) is 5.75 Å². The van der Waals surface area contributed by atoms with E-state index in [0.717, 1.165) is 16.2 Å². The fraction of sp³-hybridized carbons (Fsp3) is 0.0385. The highest BCUT2D eigenvalue weighted by atomic mass is 16.5. The van der Waals surface area contributed by atoms with Gasteiger partial charge >= 0.3 is 5.91 Å². The molecule has 33 heavy (non-hydrogen) atoms. The van der Waals surface area contributed by atoms with Gasteiger partial charge in [-0.25, -0.2) is 0 Å². The number of hydrazine groups is 1. The van der Waals surface area contributed by atoms with Gasteiger partial charge in [-0.1, -0.05) is 48.5 Å². The van der Waals surface area contributed by atoms with Gasteiger partial charge in [0.05, 0.1) is 11.1 Å². The van der Waals surface area contributed by atoms with Crippen molar-refractivity contribution in [3.8, 4) is 5.75 Å². The van der Waals surface area contributed by atoms with Gasteiger partial charge < -0.3 is 9.15 Å². The average Bonchev–Trinajstić information content (AvgIpc) is 3.35. The Bertz CT molecular complexity index is 1460. The number of pyridine rings is 1. The second-order valence-electron chi connectivity index (χ2n) is 7.32. The quantitative estimate of drug-likeness (QED) is 0.309. The number of furan rings is 1. The summed E-state index contributed by atoms with van der Waals surface area (Å²) in [6.07, 6.45) is 1.63. The lowest BCUT2D eigenvalue weighted by Crippen LogP contribution is -2.41. The summed E-state index contributed by atoms with van der Waals surface area (Å²) in [6, 6.07) is 25.7. The number of carbonyl (C=O) groups excluding carboxylic acids is 2. The molecule has 0 aliphatic heterocycles. The number of rotatable bonds is 5. The van der Waals surface area contributed by atoms with E-state index in [-0.39, 0.29) is 12.4 Å². The molecule has 2 heterocycles. The molecule has 0 unspecified atom stereocenters. The number of aromatic nitrogens is 1. The molecule has 0 saturated heterocycles. The average molecular weight is 437 g/mol. The third-order valence-corrected chi connectivity index (χ3v) is 5.16. The summed E-state index contributed by atoms with van der Waals surface area (Å²) in [6.45, 7) is 0.179. The molecular formula is C26H19N3O4. The van der Waals surface area contributed by atoms with Crippen LogP contribution in [0, 0.1) is 0 Å². The lowest BCUT2D eigenvalue weighted by molar-refractivity contribution is 0.0829. The molecule has 0 atom stereocenters. The SMILES string of the molecule is O=C(NNC(=O)c1cc2ccccc2c2cccnc12)c1ccc(COc2ccccc2)o1. The number of hydrogen-bond acceptors (Lipinski definition) is 5. The first-order valence-corrected chi connectivity index (χ1v) is 10.3. The second kappa shape index (κ2) is 8.84. The van der Waals surface area contributed by atoms with Crippen LogP contribution in [0.4, 0.5) is 0 Å². The van der Waals surface area contributed by atoms with Crippen molar-refractivity contribution in [1.82, 2.24) is 15.8 Å². The zero-order valence-electron chi connectivity index (χ0n) is 17.4. The summed E-state index contributed by atoms with van der Waals surface area (Å²) in [5, 5.41) is 2.77. The highest BCUT2D eigenvalue weighted by molar-refractivity contribution is 6.16. The maximum atomic E-state index is 12.9. The molecule has 2 amide bonds. The molecule has 7 heteroatoms. The van der Waals surface area contributed by atoms with Crippen molar-refractivity contribution in [1.29, 1.82) is 0 Å². The van der Waals surface area contributed by atoms with Gasteiger partial charge in [-0.15, -0.1) is 0 Å². The van der Waals surface area contributed by atoms with Gasteiger partial charge in [-0.3, -0.25) is 25.4 Å². The molecule has 5 rings (SSSR count). The number of hydrogen-bond donors (Lipinski definition) is 2. The zero-order valence-corrected chi connectivity index (χ0v) is 17.4. The Morgan fingerprint density at radius 2 is 1.58 bits per heavy atom. The van der Waals surface area contributed by atoms with E-state index in [1.165, 1.54) is 6.07 Å². The highest BCUT2D eigenvalue weighted by Crippen LogP contribution is 2.27. The van der Waals surface area contributed by atoms with Crippen molar-refractivity contribution in [2.45, 2.75) is 6.61 Å². The predicted molar refractivity (Wildman–Crippen MR) is 124 cm³/mol. The number of amides is 2. The van der Waals surface area contributed by atoms with E-state index in [1.807, 2.05) is 66.7 Å². The number of carbonyl (C=O) groups is 2. The first kappa shape index (κ1) is 20.3. The van der Waals surface area contributed by atoms with Crippen LogP contribution in [0.1, 0.15) is 26.7 Å². The van der Waals surface area contributed by atoms with Crippen LogP contribution in [0.2, 0.25) is 0 Å². The van der Waals surface area contributed by atoms with Crippen LogP contribution in [-0.2, 0) is 6.61 Å². The van der Waals surface area contributed by atoms with Crippen LogP contribution < -0.4 is 15.6 Å². The second-order valence-corrected chi connectivity index (χ2v) is 7.32. The summed E-state index contributed by atoms with van der Waals surface area (Å²) >= 11 is 0. The molecule has 3 aromatic carbocycles. The molecule has 0 spiro atoms. The molecule has 2 N–H and O–H groups in total. The van der Waals surface area contributed by atoms with Gasteiger partial charge in [-0.2, -0.15) is 0 Å². The molecule has 2 aromatic heterocycles. The number of nitrogens with one attached hydrogen (secondary N) is 2. The van der Waals surface area contributed by atoms with Crippen LogP contribution >= 0.6 is 0 Å². The molecule has 0 aliphatic carbocycles. The summed E-state index contributed by atoms with van der Waals surface area (Å²) in [5.41, 5.74) is 5.77. The van der Waals surface area contributed by atoms with Gasteiger partial charge in [0.25, 0.3) is 5.91 Å². The molecule has 0 aliphatic rings. The summed E-state index contributed by atoms with van der Waals surface area (Å²) < 4.78 is 11.1. The minimum Gasteiger partial charge on any atom is -0.486 e. The third kappa shape index (κ3) is 4.24. The topological polar surface area (TPSA) is 93.5 Å². The Hall–Kier alpha value is -4.65. The Labute approximate surface area is 189 Å². The van der Waals surface area contributed by atoms with E-state index in [2.05, 4.69) is 15.8 Å². The minimum absolute atomic E-state index is 0.0588. The molecule has 162 valence electrons. The van der Waals surface area contributed by atoms with Gasteiger partial charge in [0.2, 0.25) is 0 Å². The van der Waals surface area contributed by atoms with E-state index < -0.39 is 11.8 Å². The number of para-hydroxylation sites is 1. The predicted octanol–water partition coefficient (Wildman–Crippen LogP) is 4.63. The smallest absolute Gasteiger partial charge is 0.305 e. The first-order chi connectivity index (χ1) is 16.2. The van der Waals surface area contributed by atoms with E-state index in [4.69, 9.17) is 9.15 Å².